The van der Waals surface area contributed by atoms with Crippen molar-refractivity contribution in [3.8, 4) is 0 Å². The molecular formula is C8H11N3. The maximum atomic E-state index is 6.73. The van der Waals surface area contributed by atoms with Crippen molar-refractivity contribution in [2.45, 2.75) is 13.3 Å². The van der Waals surface area contributed by atoms with E-state index >= 15 is 0 Å². The van der Waals surface area contributed by atoms with Crippen LogP contribution in [0.3, 0.4) is 0 Å². The second kappa shape index (κ2) is 3.71. The van der Waals surface area contributed by atoms with Crippen molar-refractivity contribution in [2.75, 3.05) is 0 Å². The van der Waals surface area contributed by atoms with E-state index in [0.29, 0.717) is 0 Å². The summed E-state index contributed by atoms with van der Waals surface area (Å²) in [7, 11) is 0. The van der Waals surface area contributed by atoms with Gasteiger partial charge in [-0.1, -0.05) is 13.0 Å². The van der Waals surface area contributed by atoms with Crippen LogP contribution in [0.1, 0.15) is 12.5 Å². The van der Waals surface area contributed by atoms with Crippen LogP contribution >= 0.6 is 0 Å². The van der Waals surface area contributed by atoms with Crippen molar-refractivity contribution < 1.29 is 0 Å². The van der Waals surface area contributed by atoms with E-state index in [1.54, 1.807) is 0 Å². The zero-order valence-electron chi connectivity index (χ0n) is 6.46. The maximum Gasteiger partial charge on any atom is 0.131 e. The van der Waals surface area contributed by atoms with Crippen molar-refractivity contribution in [1.29, 1.82) is 5.41 Å². The van der Waals surface area contributed by atoms with Gasteiger partial charge < -0.3 is 4.98 Å². The lowest BCUT2D eigenvalue weighted by atomic mass is 10.2. The molecule has 3 heteroatoms. The highest BCUT2D eigenvalue weighted by Gasteiger charge is 1.84. The predicted octanol–water partition coefficient (Wildman–Crippen LogP) is 1.08. The lowest BCUT2D eigenvalue weighted by molar-refractivity contribution is 1.07. The Morgan fingerprint density at radius 3 is 2.91 bits per heavy atom. The number of aromatic nitrogens is 1. The first-order valence-corrected chi connectivity index (χ1v) is 3.57. The summed E-state index contributed by atoms with van der Waals surface area (Å²) in [6.45, 7) is 2.09. The van der Waals surface area contributed by atoms with Gasteiger partial charge in [-0.2, -0.15) is 0 Å². The van der Waals surface area contributed by atoms with Crippen LogP contribution in [-0.2, 0) is 6.42 Å². The predicted molar refractivity (Wildman–Crippen MR) is 44.5 cm³/mol. The van der Waals surface area contributed by atoms with Crippen LogP contribution in [0.15, 0.2) is 23.3 Å². The lowest BCUT2D eigenvalue weighted by Gasteiger charge is -1.92. The number of hydrogen-bond donors (Lipinski definition) is 2. The molecule has 3 nitrogen and oxygen atoms in total. The second-order valence-corrected chi connectivity index (χ2v) is 2.19. The minimum atomic E-state index is 0.720. The standard InChI is InChI=1S/C8H11N3/c1-2-7-3-4-8(10-5-7)11-6-9/h3-6H,2H2,1H3,(H2,9,10,11). The molecule has 1 heterocycles. The third-order valence-corrected chi connectivity index (χ3v) is 1.47. The summed E-state index contributed by atoms with van der Waals surface area (Å²) in [5, 5.41) is 6.73. The van der Waals surface area contributed by atoms with Gasteiger partial charge >= 0.3 is 0 Å². The van der Waals surface area contributed by atoms with Gasteiger partial charge in [-0.05, 0) is 18.1 Å². The molecule has 0 aliphatic carbocycles. The van der Waals surface area contributed by atoms with E-state index in [2.05, 4.69) is 16.9 Å². The summed E-state index contributed by atoms with van der Waals surface area (Å²) in [4.78, 5) is 6.74. The Labute approximate surface area is 65.3 Å². The minimum Gasteiger partial charge on any atom is -0.346 e. The Hall–Kier alpha value is -1.38. The molecule has 0 fully saturated rings. The van der Waals surface area contributed by atoms with Gasteiger partial charge in [0.1, 0.15) is 11.8 Å². The molecule has 0 atom stereocenters. The first kappa shape index (κ1) is 7.72. The molecule has 1 aromatic heterocycles. The molecule has 2 N–H and O–H groups in total. The molecule has 11 heavy (non-hydrogen) atoms. The summed E-state index contributed by atoms with van der Waals surface area (Å²) in [5.74, 6) is 0. The summed E-state index contributed by atoms with van der Waals surface area (Å²) in [6, 6.07) is 3.86. The van der Waals surface area contributed by atoms with Gasteiger partial charge in [-0.25, -0.2) is 4.99 Å². The molecular weight excluding hydrogens is 138 g/mol. The highest BCUT2D eigenvalue weighted by Crippen LogP contribution is 1.91. The van der Waals surface area contributed by atoms with Gasteiger partial charge in [-0.15, -0.1) is 0 Å². The normalized spacial score (nSPS) is 11.5. The van der Waals surface area contributed by atoms with E-state index in [9.17, 15) is 0 Å². The fourth-order valence-electron chi connectivity index (χ4n) is 0.819. The van der Waals surface area contributed by atoms with Gasteiger partial charge in [0.2, 0.25) is 0 Å². The molecule has 0 unspecified atom stereocenters. The highest BCUT2D eigenvalue weighted by molar-refractivity contribution is 5.50. The summed E-state index contributed by atoms with van der Waals surface area (Å²) < 4.78 is 0. The number of nitrogens with one attached hydrogen (secondary N) is 2. The molecule has 0 saturated carbocycles. The summed E-state index contributed by atoms with van der Waals surface area (Å²) in [6.07, 6.45) is 3.95. The summed E-state index contributed by atoms with van der Waals surface area (Å²) >= 11 is 0. The SMILES string of the molecule is CCc1cc/c(=N/C=N)[nH]c1. The van der Waals surface area contributed by atoms with E-state index in [1.807, 2.05) is 18.3 Å². The van der Waals surface area contributed by atoms with Crippen LogP contribution in [0.25, 0.3) is 0 Å². The van der Waals surface area contributed by atoms with Gasteiger partial charge in [0.25, 0.3) is 0 Å². The zero-order valence-corrected chi connectivity index (χ0v) is 6.46. The Morgan fingerprint density at radius 2 is 2.45 bits per heavy atom. The van der Waals surface area contributed by atoms with Gasteiger partial charge in [0.15, 0.2) is 0 Å². The average Bonchev–Trinajstić information content (AvgIpc) is 2.07. The smallest absolute Gasteiger partial charge is 0.131 e. The van der Waals surface area contributed by atoms with E-state index in [1.165, 1.54) is 5.56 Å². The molecule has 1 aromatic rings. The van der Waals surface area contributed by atoms with Crippen LogP contribution in [0.2, 0.25) is 0 Å². The molecule has 0 amide bonds. The number of pyridine rings is 1. The molecule has 0 aliphatic rings. The fraction of sp³-hybridized carbons (Fsp3) is 0.250. The number of rotatable bonds is 2. The summed E-state index contributed by atoms with van der Waals surface area (Å²) in [5.41, 5.74) is 1.96. The molecule has 0 radical (unpaired) electrons. The zero-order chi connectivity index (χ0) is 8.10. The Morgan fingerprint density at radius 1 is 1.64 bits per heavy atom. The van der Waals surface area contributed by atoms with Crippen LogP contribution in [0, 0.1) is 5.41 Å². The Balaban J connectivity index is 3.00. The molecule has 0 saturated heterocycles. The molecule has 1 rings (SSSR count). The second-order valence-electron chi connectivity index (χ2n) is 2.19. The van der Waals surface area contributed by atoms with E-state index in [4.69, 9.17) is 5.41 Å². The number of hydrogen-bond acceptors (Lipinski definition) is 1. The first-order chi connectivity index (χ1) is 5.36. The largest absolute Gasteiger partial charge is 0.346 e. The third kappa shape index (κ3) is 2.04. The average molecular weight is 149 g/mol. The molecule has 0 aliphatic heterocycles. The van der Waals surface area contributed by atoms with Gasteiger partial charge in [0, 0.05) is 6.20 Å². The third-order valence-electron chi connectivity index (χ3n) is 1.47. The lowest BCUT2D eigenvalue weighted by Crippen LogP contribution is -2.05. The number of aryl methyl sites for hydroxylation is 1. The van der Waals surface area contributed by atoms with Crippen molar-refractivity contribution in [2.24, 2.45) is 4.99 Å². The number of nitrogens with zero attached hydrogens (tertiary/aromatic N) is 1. The number of H-pyrrole nitrogens is 1. The Bertz CT molecular complexity index is 278. The van der Waals surface area contributed by atoms with Crippen molar-refractivity contribution in [3.63, 3.8) is 0 Å². The van der Waals surface area contributed by atoms with Crippen LogP contribution < -0.4 is 5.49 Å². The van der Waals surface area contributed by atoms with E-state index in [0.717, 1.165) is 18.2 Å². The monoisotopic (exact) mass is 149 g/mol. The van der Waals surface area contributed by atoms with E-state index < -0.39 is 0 Å². The fourth-order valence-corrected chi connectivity index (χ4v) is 0.819. The maximum absolute atomic E-state index is 6.73. The van der Waals surface area contributed by atoms with Gasteiger partial charge in [-0.3, -0.25) is 5.41 Å². The molecule has 0 bridgehead atoms. The van der Waals surface area contributed by atoms with E-state index in [-0.39, 0.29) is 0 Å². The van der Waals surface area contributed by atoms with Gasteiger partial charge in [0.05, 0.1) is 0 Å². The minimum absolute atomic E-state index is 0.720. The van der Waals surface area contributed by atoms with Crippen LogP contribution in [-0.4, -0.2) is 11.3 Å². The quantitative estimate of drug-likeness (QED) is 0.467. The Kier molecular flexibility index (Phi) is 2.60. The molecule has 0 aromatic carbocycles. The van der Waals surface area contributed by atoms with Crippen molar-refractivity contribution in [1.82, 2.24) is 4.98 Å². The first-order valence-electron chi connectivity index (χ1n) is 3.57. The topological polar surface area (TPSA) is 52.0 Å². The molecule has 58 valence electrons. The van der Waals surface area contributed by atoms with Crippen LogP contribution in [0.5, 0.6) is 0 Å². The number of aromatic amines is 1. The highest BCUT2D eigenvalue weighted by atomic mass is 14.8. The van der Waals surface area contributed by atoms with Crippen molar-refractivity contribution >= 4 is 6.34 Å². The van der Waals surface area contributed by atoms with Crippen molar-refractivity contribution in [3.05, 3.63) is 29.4 Å². The van der Waals surface area contributed by atoms with Crippen LogP contribution in [0.4, 0.5) is 0 Å². The molecule has 0 spiro atoms.